The highest BCUT2D eigenvalue weighted by atomic mass is 35.5. The van der Waals surface area contributed by atoms with Crippen LogP contribution in [0.25, 0.3) is 0 Å². The lowest BCUT2D eigenvalue weighted by Gasteiger charge is -2.23. The summed E-state index contributed by atoms with van der Waals surface area (Å²) >= 11 is 5.78. The number of carbonyl (C=O) groups excluding carboxylic acids is 2. The number of hydrogen-bond acceptors (Lipinski definition) is 3. The van der Waals surface area contributed by atoms with Crippen LogP contribution in [-0.2, 0) is 16.1 Å². The van der Waals surface area contributed by atoms with E-state index in [1.165, 1.54) is 4.90 Å². The summed E-state index contributed by atoms with van der Waals surface area (Å²) in [6.07, 6.45) is 0.754. The Balaban J connectivity index is 2.12. The lowest BCUT2D eigenvalue weighted by atomic mass is 10.2. The van der Waals surface area contributed by atoms with Crippen LogP contribution in [0.3, 0.4) is 0 Å². The maximum atomic E-state index is 11.7. The molecule has 5 nitrogen and oxygen atoms in total. The van der Waals surface area contributed by atoms with Gasteiger partial charge in [0, 0.05) is 18.0 Å². The summed E-state index contributed by atoms with van der Waals surface area (Å²) in [5, 5.41) is 9.27. The van der Waals surface area contributed by atoms with Crippen LogP contribution in [0.4, 0.5) is 0 Å². The topological polar surface area (TPSA) is 69.6 Å². The van der Waals surface area contributed by atoms with E-state index in [2.05, 4.69) is 0 Å². The van der Waals surface area contributed by atoms with Gasteiger partial charge in [0.15, 0.2) is 0 Å². The average Bonchev–Trinajstić information content (AvgIpc) is 2.73. The molecule has 2 rings (SSSR count). The number of benzene rings is 1. The van der Waals surface area contributed by atoms with Gasteiger partial charge in [-0.25, -0.2) is 5.48 Å². The van der Waals surface area contributed by atoms with Crippen molar-refractivity contribution in [3.05, 3.63) is 34.9 Å². The maximum Gasteiger partial charge on any atom is 0.266 e. The fourth-order valence-electron chi connectivity index (χ4n) is 2.07. The Kier molecular flexibility index (Phi) is 3.84. The first-order valence-corrected chi connectivity index (χ1v) is 5.97. The molecule has 96 valence electrons. The number of rotatable bonds is 3. The van der Waals surface area contributed by atoms with E-state index >= 15 is 0 Å². The van der Waals surface area contributed by atoms with Crippen molar-refractivity contribution in [1.29, 1.82) is 0 Å². The van der Waals surface area contributed by atoms with E-state index < -0.39 is 11.9 Å². The third-order valence-electron chi connectivity index (χ3n) is 3.01. The van der Waals surface area contributed by atoms with Crippen LogP contribution >= 0.6 is 11.6 Å². The van der Waals surface area contributed by atoms with Crippen LogP contribution in [0.1, 0.15) is 18.4 Å². The van der Waals surface area contributed by atoms with Gasteiger partial charge >= 0.3 is 0 Å². The molecule has 1 fully saturated rings. The highest BCUT2D eigenvalue weighted by Gasteiger charge is 2.35. The second-order valence-corrected chi connectivity index (χ2v) is 4.62. The first kappa shape index (κ1) is 12.9. The fraction of sp³-hybridized carbons (Fsp3) is 0.333. The summed E-state index contributed by atoms with van der Waals surface area (Å²) in [7, 11) is 0. The second kappa shape index (κ2) is 5.37. The van der Waals surface area contributed by atoms with Gasteiger partial charge in [0.2, 0.25) is 5.91 Å². The van der Waals surface area contributed by atoms with Crippen molar-refractivity contribution in [2.45, 2.75) is 25.4 Å². The molecule has 1 aromatic rings. The smallest absolute Gasteiger partial charge is 0.266 e. The van der Waals surface area contributed by atoms with Crippen LogP contribution in [-0.4, -0.2) is 28.0 Å². The zero-order chi connectivity index (χ0) is 13.1. The third-order valence-corrected chi connectivity index (χ3v) is 3.26. The molecule has 0 bridgehead atoms. The summed E-state index contributed by atoms with van der Waals surface area (Å²) in [6.45, 7) is 0.341. The molecule has 1 aliphatic heterocycles. The van der Waals surface area contributed by atoms with E-state index in [9.17, 15) is 9.59 Å². The first-order valence-electron chi connectivity index (χ1n) is 5.59. The lowest BCUT2D eigenvalue weighted by Crippen LogP contribution is -2.43. The first-order chi connectivity index (χ1) is 8.61. The van der Waals surface area contributed by atoms with Crippen molar-refractivity contribution in [2.75, 3.05) is 0 Å². The largest absolute Gasteiger partial charge is 0.326 e. The lowest BCUT2D eigenvalue weighted by molar-refractivity contribution is -0.140. The number of amides is 2. The number of hydrogen-bond donors (Lipinski definition) is 2. The Morgan fingerprint density at radius 3 is 2.72 bits per heavy atom. The molecule has 1 heterocycles. The molecule has 0 aromatic heterocycles. The Bertz CT molecular complexity index is 461. The molecule has 0 spiro atoms. The van der Waals surface area contributed by atoms with Crippen LogP contribution in [0.2, 0.25) is 5.02 Å². The van der Waals surface area contributed by atoms with E-state index in [-0.39, 0.29) is 5.91 Å². The zero-order valence-electron chi connectivity index (χ0n) is 9.60. The van der Waals surface area contributed by atoms with Crippen molar-refractivity contribution < 1.29 is 14.8 Å². The van der Waals surface area contributed by atoms with Crippen LogP contribution in [0.5, 0.6) is 0 Å². The van der Waals surface area contributed by atoms with Crippen LogP contribution in [0.15, 0.2) is 24.3 Å². The van der Waals surface area contributed by atoms with Crippen molar-refractivity contribution >= 4 is 23.4 Å². The monoisotopic (exact) mass is 268 g/mol. The van der Waals surface area contributed by atoms with Crippen molar-refractivity contribution in [2.24, 2.45) is 0 Å². The number of nitrogens with one attached hydrogen (secondary N) is 1. The summed E-state index contributed by atoms with van der Waals surface area (Å²) in [6, 6.07) is 6.49. The molecule has 1 aliphatic rings. The fourth-order valence-corrected chi connectivity index (χ4v) is 2.19. The third kappa shape index (κ3) is 2.63. The average molecular weight is 269 g/mol. The van der Waals surface area contributed by atoms with E-state index in [1.807, 2.05) is 12.1 Å². The van der Waals surface area contributed by atoms with Crippen molar-refractivity contribution in [3.8, 4) is 0 Å². The van der Waals surface area contributed by atoms with E-state index in [1.54, 1.807) is 17.6 Å². The predicted octanol–water partition coefficient (Wildman–Crippen LogP) is 1.34. The maximum absolute atomic E-state index is 11.7. The molecule has 2 amide bonds. The van der Waals surface area contributed by atoms with Gasteiger partial charge < -0.3 is 4.90 Å². The molecule has 0 aliphatic carbocycles. The zero-order valence-corrected chi connectivity index (χ0v) is 10.4. The van der Waals surface area contributed by atoms with Gasteiger partial charge in [-0.15, -0.1) is 0 Å². The molecular weight excluding hydrogens is 256 g/mol. The highest BCUT2D eigenvalue weighted by Crippen LogP contribution is 2.22. The molecule has 18 heavy (non-hydrogen) atoms. The summed E-state index contributed by atoms with van der Waals surface area (Å²) in [4.78, 5) is 24.6. The summed E-state index contributed by atoms with van der Waals surface area (Å²) in [5.74, 6) is -0.631. The summed E-state index contributed by atoms with van der Waals surface area (Å²) < 4.78 is 0. The number of nitrogens with zero attached hydrogens (tertiary/aromatic N) is 1. The molecule has 1 atom stereocenters. The van der Waals surface area contributed by atoms with Gasteiger partial charge in [0.1, 0.15) is 6.04 Å². The number of hydroxylamine groups is 1. The van der Waals surface area contributed by atoms with Crippen LogP contribution < -0.4 is 5.48 Å². The Hall–Kier alpha value is -1.59. The molecule has 0 unspecified atom stereocenters. The van der Waals surface area contributed by atoms with Gasteiger partial charge in [-0.05, 0) is 24.1 Å². The van der Waals surface area contributed by atoms with Gasteiger partial charge in [-0.2, -0.15) is 0 Å². The Morgan fingerprint density at radius 2 is 2.11 bits per heavy atom. The quantitative estimate of drug-likeness (QED) is 0.642. The van der Waals surface area contributed by atoms with Gasteiger partial charge in [-0.1, -0.05) is 23.7 Å². The van der Waals surface area contributed by atoms with Crippen molar-refractivity contribution in [3.63, 3.8) is 0 Å². The SMILES string of the molecule is O=C(NO)[C@H]1CCC(=O)N1Cc1ccc(Cl)cc1. The van der Waals surface area contributed by atoms with E-state index in [0.717, 1.165) is 5.56 Å². The normalized spacial score (nSPS) is 19.1. The molecule has 0 saturated carbocycles. The standard InChI is InChI=1S/C12H13ClN2O3/c13-9-3-1-8(2-4-9)7-15-10(12(17)14-18)5-6-11(15)16/h1-4,10,18H,5-7H2,(H,14,17)/t10-/m1/s1. The number of carbonyl (C=O) groups is 2. The molecule has 0 radical (unpaired) electrons. The number of halogens is 1. The molecule has 1 aromatic carbocycles. The Labute approximate surface area is 109 Å². The molecule has 2 N–H and O–H groups in total. The molecule has 6 heteroatoms. The summed E-state index contributed by atoms with van der Waals surface area (Å²) in [5.41, 5.74) is 2.49. The second-order valence-electron chi connectivity index (χ2n) is 4.18. The minimum atomic E-state index is -0.599. The Morgan fingerprint density at radius 1 is 1.44 bits per heavy atom. The minimum Gasteiger partial charge on any atom is -0.326 e. The highest BCUT2D eigenvalue weighted by molar-refractivity contribution is 6.30. The molecular formula is C12H13ClN2O3. The van der Waals surface area contributed by atoms with Gasteiger partial charge in [0.05, 0.1) is 0 Å². The van der Waals surface area contributed by atoms with Crippen molar-refractivity contribution in [1.82, 2.24) is 10.4 Å². The minimum absolute atomic E-state index is 0.0847. The number of likely N-dealkylation sites (tertiary alicyclic amines) is 1. The van der Waals surface area contributed by atoms with Gasteiger partial charge in [0.25, 0.3) is 5.91 Å². The molecule has 1 saturated heterocycles. The van der Waals surface area contributed by atoms with Crippen LogP contribution in [0, 0.1) is 0 Å². The van der Waals surface area contributed by atoms with Gasteiger partial charge in [-0.3, -0.25) is 14.8 Å². The van der Waals surface area contributed by atoms with E-state index in [4.69, 9.17) is 16.8 Å². The predicted molar refractivity (Wildman–Crippen MR) is 65.0 cm³/mol. The van der Waals surface area contributed by atoms with E-state index in [0.29, 0.717) is 24.4 Å².